The molecule has 0 saturated carbocycles. The van der Waals surface area contributed by atoms with Gasteiger partial charge in [-0.05, 0) is 83.6 Å². The standard InChI is InChI=1S/C30H33N2O7P/c1-19-11-23(15-27(36-3)29(19)33)25(13-21-7-5-9-31-17-21)38-40(35)39-26(14-22-8-6-10-32-18-22)24-12-20(2)30(34)28(16-24)37-4/h5-12,15-18,25-26,33-34,40H,13-14H2,1-4H3. The first-order valence-corrected chi connectivity index (χ1v) is 13.9. The van der Waals surface area contributed by atoms with Crippen LogP contribution in [-0.2, 0) is 26.5 Å². The first-order chi connectivity index (χ1) is 19.3. The van der Waals surface area contributed by atoms with Gasteiger partial charge in [-0.2, -0.15) is 0 Å². The molecule has 4 rings (SSSR count). The van der Waals surface area contributed by atoms with Gasteiger partial charge in [0.2, 0.25) is 0 Å². The Bertz CT molecular complexity index is 1340. The van der Waals surface area contributed by atoms with Crippen LogP contribution < -0.4 is 9.47 Å². The van der Waals surface area contributed by atoms with Crippen LogP contribution in [0, 0.1) is 13.8 Å². The van der Waals surface area contributed by atoms with E-state index in [-0.39, 0.29) is 23.0 Å². The first kappa shape index (κ1) is 29.1. The molecule has 0 amide bonds. The van der Waals surface area contributed by atoms with Crippen LogP contribution in [0.25, 0.3) is 0 Å². The smallest absolute Gasteiger partial charge is 0.320 e. The van der Waals surface area contributed by atoms with E-state index in [2.05, 4.69) is 9.97 Å². The number of aromatic hydroxyl groups is 2. The predicted octanol–water partition coefficient (Wildman–Crippen LogP) is 6.21. The molecule has 4 aromatic rings. The summed E-state index contributed by atoms with van der Waals surface area (Å²) in [5, 5.41) is 20.7. The van der Waals surface area contributed by atoms with Crippen LogP contribution in [0.15, 0.2) is 73.3 Å². The van der Waals surface area contributed by atoms with Gasteiger partial charge < -0.3 is 28.7 Å². The maximum atomic E-state index is 13.6. The van der Waals surface area contributed by atoms with Crippen LogP contribution >= 0.6 is 8.25 Å². The zero-order valence-corrected chi connectivity index (χ0v) is 23.8. The third-order valence-corrected chi connectivity index (χ3v) is 7.48. The summed E-state index contributed by atoms with van der Waals surface area (Å²) >= 11 is 0. The van der Waals surface area contributed by atoms with Gasteiger partial charge in [-0.25, -0.2) is 0 Å². The van der Waals surface area contributed by atoms with Crippen molar-refractivity contribution in [3.63, 3.8) is 0 Å². The molecule has 9 nitrogen and oxygen atoms in total. The second-order valence-corrected chi connectivity index (χ2v) is 10.3. The maximum absolute atomic E-state index is 13.6. The average Bonchev–Trinajstić information content (AvgIpc) is 2.96. The van der Waals surface area contributed by atoms with Crippen molar-refractivity contribution >= 4 is 8.25 Å². The monoisotopic (exact) mass is 564 g/mol. The molecule has 2 aromatic carbocycles. The Morgan fingerprint density at radius 2 is 1.18 bits per heavy atom. The molecule has 0 spiro atoms. The number of hydrogen-bond donors (Lipinski definition) is 2. The van der Waals surface area contributed by atoms with Crippen molar-refractivity contribution in [2.45, 2.75) is 38.9 Å². The molecule has 2 unspecified atom stereocenters. The van der Waals surface area contributed by atoms with Gasteiger partial charge in [0.05, 0.1) is 26.4 Å². The minimum atomic E-state index is -3.10. The quantitative estimate of drug-likeness (QED) is 0.193. The third kappa shape index (κ3) is 7.18. The van der Waals surface area contributed by atoms with Crippen LogP contribution in [0.5, 0.6) is 23.0 Å². The lowest BCUT2D eigenvalue weighted by Gasteiger charge is -2.23. The van der Waals surface area contributed by atoms with E-state index in [1.165, 1.54) is 14.2 Å². The summed E-state index contributed by atoms with van der Waals surface area (Å²) in [6, 6.07) is 14.3. The van der Waals surface area contributed by atoms with E-state index in [0.29, 0.717) is 35.1 Å². The minimum absolute atomic E-state index is 0.0310. The fraction of sp³-hybridized carbons (Fsp3) is 0.267. The highest BCUT2D eigenvalue weighted by atomic mass is 31.1. The number of nitrogens with zero attached hydrogens (tertiary/aromatic N) is 2. The van der Waals surface area contributed by atoms with E-state index in [9.17, 15) is 14.8 Å². The van der Waals surface area contributed by atoms with Gasteiger partial charge in [0.25, 0.3) is 0 Å². The van der Waals surface area contributed by atoms with E-state index >= 15 is 0 Å². The largest absolute Gasteiger partial charge is 0.504 e. The molecule has 0 fully saturated rings. The fourth-order valence-corrected chi connectivity index (χ4v) is 5.37. The Hall–Kier alpha value is -3.91. The van der Waals surface area contributed by atoms with Crippen molar-refractivity contribution < 1.29 is 33.3 Å². The van der Waals surface area contributed by atoms with Crippen LogP contribution in [-0.4, -0.2) is 34.4 Å². The number of methoxy groups -OCH3 is 2. The van der Waals surface area contributed by atoms with Gasteiger partial charge in [0.1, 0.15) is 0 Å². The van der Waals surface area contributed by atoms with Crippen molar-refractivity contribution in [3.8, 4) is 23.0 Å². The number of benzene rings is 2. The molecule has 10 heteroatoms. The molecule has 0 radical (unpaired) electrons. The Morgan fingerprint density at radius 3 is 1.52 bits per heavy atom. The van der Waals surface area contributed by atoms with Crippen LogP contribution in [0.1, 0.15) is 45.6 Å². The van der Waals surface area contributed by atoms with Crippen molar-refractivity contribution in [2.24, 2.45) is 0 Å². The number of aromatic nitrogens is 2. The molecule has 0 aliphatic heterocycles. The normalized spacial score (nSPS) is 13.4. The molecule has 2 aromatic heterocycles. The second kappa shape index (κ2) is 13.4. The lowest BCUT2D eigenvalue weighted by Crippen LogP contribution is -2.09. The Balaban J connectivity index is 1.65. The van der Waals surface area contributed by atoms with Crippen LogP contribution in [0.3, 0.4) is 0 Å². The summed E-state index contributed by atoms with van der Waals surface area (Å²) < 4.78 is 36.4. The molecule has 210 valence electrons. The predicted molar refractivity (Wildman–Crippen MR) is 151 cm³/mol. The van der Waals surface area contributed by atoms with Gasteiger partial charge in [0, 0.05) is 37.6 Å². The van der Waals surface area contributed by atoms with Crippen molar-refractivity contribution in [2.75, 3.05) is 14.2 Å². The summed E-state index contributed by atoms with van der Waals surface area (Å²) in [4.78, 5) is 8.37. The summed E-state index contributed by atoms with van der Waals surface area (Å²) in [5.74, 6) is 0.639. The molecule has 2 N–H and O–H groups in total. The lowest BCUT2D eigenvalue weighted by atomic mass is 10.00. The Labute approximate surface area is 234 Å². The lowest BCUT2D eigenvalue weighted by molar-refractivity contribution is 0.129. The molecular formula is C30H33N2O7P. The molecule has 0 bridgehead atoms. The highest BCUT2D eigenvalue weighted by Crippen LogP contribution is 2.44. The number of aryl methyl sites for hydroxylation is 2. The average molecular weight is 565 g/mol. The van der Waals surface area contributed by atoms with E-state index in [0.717, 1.165) is 11.1 Å². The van der Waals surface area contributed by atoms with E-state index in [1.807, 2.05) is 24.3 Å². The highest BCUT2D eigenvalue weighted by Gasteiger charge is 2.24. The SMILES string of the molecule is COc1cc(C(Cc2cccnc2)O[PH](=O)OC(Cc2cccnc2)c2cc(C)c(O)c(OC)c2)cc(C)c1O. The number of rotatable bonds is 12. The van der Waals surface area contributed by atoms with Gasteiger partial charge in [-0.15, -0.1) is 0 Å². The van der Waals surface area contributed by atoms with Crippen LogP contribution in [0.2, 0.25) is 0 Å². The number of hydrogen-bond acceptors (Lipinski definition) is 9. The number of ether oxygens (including phenoxy) is 2. The van der Waals surface area contributed by atoms with Crippen LogP contribution in [0.4, 0.5) is 0 Å². The zero-order valence-electron chi connectivity index (χ0n) is 22.8. The molecule has 2 atom stereocenters. The fourth-order valence-electron chi connectivity index (χ4n) is 4.41. The number of phenolic OH excluding ortho intramolecular Hbond substituents is 2. The third-order valence-electron chi connectivity index (χ3n) is 6.52. The summed E-state index contributed by atoms with van der Waals surface area (Å²) in [6.45, 7) is 3.51. The van der Waals surface area contributed by atoms with E-state index in [1.54, 1.807) is 62.9 Å². The minimum Gasteiger partial charge on any atom is -0.504 e. The van der Waals surface area contributed by atoms with E-state index < -0.39 is 20.5 Å². The molecule has 2 heterocycles. The number of pyridine rings is 2. The summed E-state index contributed by atoms with van der Waals surface area (Å²) in [6.07, 6.45) is 6.15. The Morgan fingerprint density at radius 1 is 0.750 bits per heavy atom. The zero-order chi connectivity index (χ0) is 28.6. The second-order valence-electron chi connectivity index (χ2n) is 9.37. The highest BCUT2D eigenvalue weighted by molar-refractivity contribution is 7.33. The molecule has 0 aliphatic carbocycles. The number of phenols is 2. The van der Waals surface area contributed by atoms with Gasteiger partial charge in [-0.3, -0.25) is 14.5 Å². The van der Waals surface area contributed by atoms with E-state index in [4.69, 9.17) is 18.5 Å². The summed E-state index contributed by atoms with van der Waals surface area (Å²) in [5.41, 5.74) is 4.27. The summed E-state index contributed by atoms with van der Waals surface area (Å²) in [7, 11) is -0.160. The molecule has 0 aliphatic rings. The van der Waals surface area contributed by atoms with Gasteiger partial charge in [0.15, 0.2) is 23.0 Å². The van der Waals surface area contributed by atoms with Crippen molar-refractivity contribution in [3.05, 3.63) is 107 Å². The molecule has 0 saturated heterocycles. The van der Waals surface area contributed by atoms with Crippen molar-refractivity contribution in [1.29, 1.82) is 0 Å². The molecule has 40 heavy (non-hydrogen) atoms. The van der Waals surface area contributed by atoms with Gasteiger partial charge in [-0.1, -0.05) is 12.1 Å². The van der Waals surface area contributed by atoms with Crippen molar-refractivity contribution in [1.82, 2.24) is 9.97 Å². The Kier molecular flexibility index (Phi) is 9.77. The first-order valence-electron chi connectivity index (χ1n) is 12.7. The van der Waals surface area contributed by atoms with Gasteiger partial charge >= 0.3 is 8.25 Å². The topological polar surface area (TPSA) is 120 Å². The molecular weight excluding hydrogens is 531 g/mol. The maximum Gasteiger partial charge on any atom is 0.320 e.